The summed E-state index contributed by atoms with van der Waals surface area (Å²) in [5.41, 5.74) is 4.42. The number of pyridine rings is 2. The molecule has 6 fully saturated rings. The lowest BCUT2D eigenvalue weighted by atomic mass is 9.96. The van der Waals surface area contributed by atoms with Crippen molar-refractivity contribution in [1.29, 1.82) is 0 Å². The average Bonchev–Trinajstić information content (AvgIpc) is 3.04. The van der Waals surface area contributed by atoms with Gasteiger partial charge in [-0.25, -0.2) is 0 Å². The Bertz CT molecular complexity index is 1420. The zero-order valence-corrected chi connectivity index (χ0v) is 28.1. The zero-order chi connectivity index (χ0) is 31.7. The van der Waals surface area contributed by atoms with Crippen LogP contribution in [0, 0.1) is 0 Å². The minimum atomic E-state index is -1.27. The van der Waals surface area contributed by atoms with Gasteiger partial charge >= 0.3 is 0 Å². The van der Waals surface area contributed by atoms with E-state index in [1.54, 1.807) is 43.0 Å². The van der Waals surface area contributed by atoms with Crippen LogP contribution in [0.4, 0.5) is 0 Å². The van der Waals surface area contributed by atoms with Crippen LogP contribution in [0.3, 0.4) is 0 Å². The Kier molecular flexibility index (Phi) is 7.98. The van der Waals surface area contributed by atoms with E-state index < -0.39 is 26.1 Å². The Morgan fingerprint density at radius 3 is 1.50 bits per heavy atom. The van der Waals surface area contributed by atoms with Crippen LogP contribution in [0.15, 0.2) is 48.9 Å². The van der Waals surface area contributed by atoms with Gasteiger partial charge in [-0.05, 0) is 46.9 Å². The van der Waals surface area contributed by atoms with Crippen molar-refractivity contribution in [2.24, 2.45) is 0 Å². The Balaban J connectivity index is 1.09. The number of aliphatic hydroxyl groups is 2. The molecule has 4 bridgehead atoms. The molecule has 2 aromatic rings. The van der Waals surface area contributed by atoms with Gasteiger partial charge in [-0.1, -0.05) is 51.1 Å². The molecule has 6 aliphatic rings. The fourth-order valence-corrected chi connectivity index (χ4v) is 13.5. The van der Waals surface area contributed by atoms with Crippen LogP contribution < -0.4 is 0 Å². The molecule has 4 atom stereocenters. The van der Waals surface area contributed by atoms with Crippen LogP contribution in [0.5, 0.6) is 0 Å². The van der Waals surface area contributed by atoms with Crippen LogP contribution in [0.2, 0.25) is 0 Å². The lowest BCUT2D eigenvalue weighted by Gasteiger charge is -2.61. The number of piperazine rings is 2. The highest BCUT2D eigenvalue weighted by molar-refractivity contribution is 8.78. The van der Waals surface area contributed by atoms with E-state index in [2.05, 4.69) is 16.5 Å². The fraction of sp³-hybridized carbons (Fsp3) is 0.483. The van der Waals surface area contributed by atoms with E-state index in [1.807, 2.05) is 42.4 Å². The van der Waals surface area contributed by atoms with Gasteiger partial charge in [-0.3, -0.25) is 24.4 Å². The van der Waals surface area contributed by atoms with E-state index in [1.165, 1.54) is 42.2 Å². The largest absolute Gasteiger partial charge is 0.392 e. The lowest BCUT2D eigenvalue weighted by Crippen LogP contribution is -2.77. The molecule has 0 aliphatic carbocycles. The summed E-state index contributed by atoms with van der Waals surface area (Å²) in [4.78, 5) is 51.3. The van der Waals surface area contributed by atoms with Gasteiger partial charge in [0.2, 0.25) is 4.87 Å². The molecule has 8 rings (SSSR count). The Labute approximate surface area is 272 Å². The number of carbonyl (C=O) groups excluding carboxylic acids is 3. The molecule has 2 N–H and O–H groups in total. The highest BCUT2D eigenvalue weighted by Crippen LogP contribution is 2.62. The molecule has 0 unspecified atom stereocenters. The van der Waals surface area contributed by atoms with Crippen LogP contribution >= 0.6 is 43.2 Å². The monoisotopic (exact) mass is 674 g/mol. The topological polar surface area (TPSA) is 130 Å². The molecule has 6 saturated heterocycles. The van der Waals surface area contributed by atoms with Gasteiger partial charge in [0.15, 0.2) is 9.74 Å². The molecular formula is C29H34N6O5S4. The summed E-state index contributed by atoms with van der Waals surface area (Å²) in [5, 5.41) is 19.9. The number of aryl methyl sites for hydroxylation is 2. The van der Waals surface area contributed by atoms with Gasteiger partial charge in [0.05, 0.1) is 13.2 Å². The van der Waals surface area contributed by atoms with Crippen LogP contribution in [-0.2, 0) is 40.1 Å². The van der Waals surface area contributed by atoms with Gasteiger partial charge < -0.3 is 29.8 Å². The summed E-state index contributed by atoms with van der Waals surface area (Å²) in [6, 6.07) is 7.92. The third-order valence-corrected chi connectivity index (χ3v) is 16.8. The number of rotatable bonds is 9. The lowest BCUT2D eigenvalue weighted by molar-refractivity contribution is -0.165. The van der Waals surface area contributed by atoms with Crippen molar-refractivity contribution in [3.05, 3.63) is 71.4 Å². The Morgan fingerprint density at radius 2 is 1.02 bits per heavy atom. The zero-order valence-electron chi connectivity index (χ0n) is 24.8. The highest BCUT2D eigenvalue weighted by Gasteiger charge is 2.67. The van der Waals surface area contributed by atoms with Crippen LogP contribution in [-0.4, -0.2) is 118 Å². The first-order valence-corrected chi connectivity index (χ1v) is 18.3. The maximum atomic E-state index is 13.3. The van der Waals surface area contributed by atoms with Crippen LogP contribution in [0.25, 0.3) is 0 Å². The Hall–Kier alpha value is -2.43. The quantitative estimate of drug-likeness (QED) is 0.376. The molecule has 8 heterocycles. The highest BCUT2D eigenvalue weighted by atomic mass is 33.1. The first-order chi connectivity index (χ1) is 20.9. The van der Waals surface area contributed by atoms with Crippen molar-refractivity contribution in [3.63, 3.8) is 0 Å². The third kappa shape index (κ3) is 4.33. The number of hydrogen-bond acceptors (Lipinski definition) is 12. The maximum Gasteiger partial charge on any atom is 0.263 e. The number of aliphatic hydroxyl groups excluding tert-OH is 2. The fourth-order valence-electron chi connectivity index (χ4n) is 6.14. The minimum absolute atomic E-state index is 0.125. The van der Waals surface area contributed by atoms with Gasteiger partial charge in [-0.15, -0.1) is 0 Å². The van der Waals surface area contributed by atoms with E-state index in [0.717, 1.165) is 28.2 Å². The summed E-state index contributed by atoms with van der Waals surface area (Å²) in [7, 11) is 12.3. The summed E-state index contributed by atoms with van der Waals surface area (Å²) in [5.74, 6) is -0.599. The normalized spacial score (nSPS) is 31.5. The summed E-state index contributed by atoms with van der Waals surface area (Å²) >= 11 is 0. The summed E-state index contributed by atoms with van der Waals surface area (Å²) in [6.07, 6.45) is 5.84. The van der Waals surface area contributed by atoms with Gasteiger partial charge in [-0.2, -0.15) is 0 Å². The number of nitrogens with zero attached hydrogens (tertiary/aromatic N) is 6. The molecule has 0 aromatic carbocycles. The maximum absolute atomic E-state index is 13.3. The predicted molar refractivity (Wildman–Crippen MR) is 174 cm³/mol. The smallest absolute Gasteiger partial charge is 0.263 e. The van der Waals surface area contributed by atoms with Crippen molar-refractivity contribution >= 4 is 60.9 Å². The van der Waals surface area contributed by atoms with E-state index in [9.17, 15) is 24.6 Å². The van der Waals surface area contributed by atoms with Crippen molar-refractivity contribution < 1.29 is 24.6 Å². The Morgan fingerprint density at radius 1 is 0.636 bits per heavy atom. The number of carbonyl (C=O) groups is 3. The number of amides is 3. The molecule has 0 radical (unpaired) electrons. The van der Waals surface area contributed by atoms with Crippen molar-refractivity contribution in [2.75, 3.05) is 41.4 Å². The first kappa shape index (κ1) is 31.5. The molecule has 44 heavy (non-hydrogen) atoms. The molecular weight excluding hydrogens is 641 g/mol. The second kappa shape index (κ2) is 11.1. The van der Waals surface area contributed by atoms with Crippen molar-refractivity contribution in [2.45, 2.75) is 45.2 Å². The molecule has 0 saturated carbocycles. The molecule has 3 amide bonds. The predicted octanol–water partition coefficient (Wildman–Crippen LogP) is 1.75. The van der Waals surface area contributed by atoms with Crippen molar-refractivity contribution in [3.8, 4) is 0 Å². The molecule has 15 heteroatoms. The average molecular weight is 675 g/mol. The van der Waals surface area contributed by atoms with E-state index >= 15 is 0 Å². The summed E-state index contributed by atoms with van der Waals surface area (Å²) < 4.78 is 0. The van der Waals surface area contributed by atoms with Gasteiger partial charge in [0.1, 0.15) is 4.87 Å². The summed E-state index contributed by atoms with van der Waals surface area (Å²) in [6.45, 7) is 3.57. The van der Waals surface area contributed by atoms with E-state index in [-0.39, 0.29) is 24.3 Å². The molecule has 2 aromatic heterocycles. The molecule has 234 valence electrons. The number of likely N-dealkylation sites (N-methyl/N-ethyl adjacent to an activating group) is 4. The molecule has 11 nitrogen and oxygen atoms in total. The van der Waals surface area contributed by atoms with Gasteiger partial charge in [0.25, 0.3) is 17.7 Å². The number of hydrogen-bond donors (Lipinski definition) is 2. The number of aromatic nitrogens is 2. The van der Waals surface area contributed by atoms with Gasteiger partial charge in [0, 0.05) is 70.5 Å². The standard InChI is InChI=1S/C29H34N6O5S4/c1-18-26(33(3)24(39)28(16-36,32(18)2)43-41-26)12-19-6-8-21(30-14-19)10-11-22-9-7-20(15-31-22)13-27-23(38)35(5)29(17-37,44-42-27)25(40)34(27)4/h6-9,14-15,36-37H,1,10-13,16-17H2,2-5H3/t26-,27-,28-,29-/m0/s1. The van der Waals surface area contributed by atoms with Crippen LogP contribution in [0.1, 0.15) is 22.5 Å². The van der Waals surface area contributed by atoms with E-state index in [4.69, 9.17) is 0 Å². The minimum Gasteiger partial charge on any atom is -0.392 e. The van der Waals surface area contributed by atoms with E-state index in [0.29, 0.717) is 25.7 Å². The number of fused-ring (bicyclic) bond motifs is 6. The first-order valence-electron chi connectivity index (χ1n) is 14.0. The second-order valence-electron chi connectivity index (χ2n) is 11.6. The third-order valence-electron chi connectivity index (χ3n) is 9.30. The van der Waals surface area contributed by atoms with Crippen molar-refractivity contribution in [1.82, 2.24) is 29.6 Å². The molecule has 6 aliphatic heterocycles. The SMILES string of the molecule is C=C1N(C)[C@@]2(CO)SS[C@]1(Cc1ccc(CCc3ccc(C[C@@]45SS[C@@](CO)(C(=O)N4C)N(C)C5=O)cn3)nc1)N(C)C2=O. The second-order valence-corrected chi connectivity index (χ2v) is 16.9. The molecule has 0 spiro atoms.